The third kappa shape index (κ3) is 3.95. The lowest BCUT2D eigenvalue weighted by atomic mass is 9.49. The fourth-order valence-electron chi connectivity index (χ4n) is 5.63. The number of benzene rings is 1. The molecule has 1 aromatic carbocycles. The molecule has 0 radical (unpaired) electrons. The van der Waals surface area contributed by atoms with Gasteiger partial charge in [-0.15, -0.1) is 0 Å². The van der Waals surface area contributed by atoms with E-state index in [2.05, 4.69) is 12.1 Å². The minimum atomic E-state index is -1.03. The van der Waals surface area contributed by atoms with Crippen molar-refractivity contribution in [1.29, 1.82) is 0 Å². The molecule has 6 nitrogen and oxygen atoms in total. The maximum Gasteiger partial charge on any atom is 0.315 e. The summed E-state index contributed by atoms with van der Waals surface area (Å²) in [7, 11) is 0. The van der Waals surface area contributed by atoms with Crippen LogP contribution in [-0.2, 0) is 24.4 Å². The highest BCUT2D eigenvalue weighted by atomic mass is 16.6. The third-order valence-corrected chi connectivity index (χ3v) is 7.58. The predicted octanol–water partition coefficient (Wildman–Crippen LogP) is 4.24. The lowest BCUT2D eigenvalue weighted by Gasteiger charge is -2.52. The zero-order chi connectivity index (χ0) is 22.2. The summed E-state index contributed by atoms with van der Waals surface area (Å²) >= 11 is 0. The van der Waals surface area contributed by atoms with Crippen molar-refractivity contribution in [2.75, 3.05) is 26.4 Å². The van der Waals surface area contributed by atoms with Gasteiger partial charge in [-0.05, 0) is 48.6 Å². The molecule has 6 heteroatoms. The minimum absolute atomic E-state index is 0.169. The summed E-state index contributed by atoms with van der Waals surface area (Å²) in [5.41, 5.74) is -0.428. The van der Waals surface area contributed by atoms with E-state index in [1.54, 1.807) is 0 Å². The van der Waals surface area contributed by atoms with Gasteiger partial charge in [0.05, 0.1) is 13.2 Å². The van der Waals surface area contributed by atoms with E-state index in [9.17, 15) is 9.90 Å². The lowest BCUT2D eigenvalue weighted by Crippen LogP contribution is -2.55. The molecule has 1 aromatic rings. The van der Waals surface area contributed by atoms with E-state index in [1.807, 2.05) is 37.3 Å². The molecule has 4 atom stereocenters. The van der Waals surface area contributed by atoms with Crippen LogP contribution in [0.25, 0.3) is 0 Å². The number of hydrogen-bond acceptors (Lipinski definition) is 5. The van der Waals surface area contributed by atoms with Gasteiger partial charge in [0.1, 0.15) is 42.3 Å². The Bertz CT molecular complexity index is 889. The van der Waals surface area contributed by atoms with Gasteiger partial charge in [0.2, 0.25) is 0 Å². The van der Waals surface area contributed by atoms with E-state index < -0.39 is 16.8 Å². The van der Waals surface area contributed by atoms with E-state index in [0.717, 1.165) is 62.4 Å². The molecule has 4 aliphatic rings. The average molecular weight is 441 g/mol. The van der Waals surface area contributed by atoms with Crippen molar-refractivity contribution in [2.45, 2.75) is 56.7 Å². The van der Waals surface area contributed by atoms with Crippen molar-refractivity contribution >= 4 is 5.97 Å². The van der Waals surface area contributed by atoms with Gasteiger partial charge in [0.25, 0.3) is 0 Å². The lowest BCUT2D eigenvalue weighted by molar-refractivity contribution is -0.154. The van der Waals surface area contributed by atoms with Crippen molar-refractivity contribution in [3.8, 4) is 5.75 Å². The maximum absolute atomic E-state index is 13.0. The molecule has 1 N–H and O–H groups in total. The quantitative estimate of drug-likeness (QED) is 0.579. The van der Waals surface area contributed by atoms with Crippen LogP contribution in [0, 0.1) is 11.3 Å². The average Bonchev–Trinajstić information content (AvgIpc) is 3.72. The van der Waals surface area contributed by atoms with Crippen molar-refractivity contribution < 1.29 is 28.8 Å². The maximum atomic E-state index is 13.0. The molecule has 4 unspecified atom stereocenters. The second kappa shape index (κ2) is 8.56. The van der Waals surface area contributed by atoms with E-state index in [1.165, 1.54) is 0 Å². The molecular formula is C26H32O6. The molecule has 0 amide bonds. The molecule has 2 aliphatic heterocycles. The Morgan fingerprint density at radius 3 is 2.22 bits per heavy atom. The van der Waals surface area contributed by atoms with Crippen molar-refractivity contribution in [3.63, 3.8) is 0 Å². The predicted molar refractivity (Wildman–Crippen MR) is 119 cm³/mol. The topological polar surface area (TPSA) is 80.8 Å². The molecule has 0 bridgehead atoms. The van der Waals surface area contributed by atoms with Crippen LogP contribution in [0.5, 0.6) is 5.75 Å². The molecule has 172 valence electrons. The first-order valence-corrected chi connectivity index (χ1v) is 11.8. The summed E-state index contributed by atoms with van der Waals surface area (Å²) < 4.78 is 22.1. The van der Waals surface area contributed by atoms with Crippen molar-refractivity contribution in [3.05, 3.63) is 53.8 Å². The van der Waals surface area contributed by atoms with E-state index >= 15 is 0 Å². The second-order valence-corrected chi connectivity index (χ2v) is 9.57. The highest BCUT2D eigenvalue weighted by Crippen LogP contribution is 2.58. The number of carboxylic acid groups (broad SMARTS) is 1. The first kappa shape index (κ1) is 21.5. The standard InChI is InChI=1S/C26H32O6/c1-18-13-21(30-15-23-17-32-23)9-12-26(18,24(27)28)25(10-3-2-4-11-25)19-5-7-20(8-6-19)29-14-22-16-31-22/h5-9,12-13,18,22-23H,2-4,10-11,14-17H2,1H3,(H,27,28). The minimum Gasteiger partial charge on any atom is -0.491 e. The molecule has 32 heavy (non-hydrogen) atoms. The number of epoxide rings is 2. The van der Waals surface area contributed by atoms with Crippen LogP contribution in [0.15, 0.2) is 48.3 Å². The Labute approximate surface area is 189 Å². The first-order chi connectivity index (χ1) is 15.5. The molecule has 1 saturated carbocycles. The molecule has 0 aromatic heterocycles. The largest absolute Gasteiger partial charge is 0.491 e. The van der Waals surface area contributed by atoms with E-state index in [4.69, 9.17) is 18.9 Å². The smallest absolute Gasteiger partial charge is 0.315 e. The summed E-state index contributed by atoms with van der Waals surface area (Å²) in [5, 5.41) is 10.7. The highest BCUT2D eigenvalue weighted by Gasteiger charge is 2.59. The van der Waals surface area contributed by atoms with Crippen molar-refractivity contribution in [1.82, 2.24) is 0 Å². The number of carboxylic acids is 1. The van der Waals surface area contributed by atoms with Crippen LogP contribution >= 0.6 is 0 Å². The highest BCUT2D eigenvalue weighted by molar-refractivity contribution is 5.81. The fraction of sp³-hybridized carbons (Fsp3) is 0.577. The Morgan fingerprint density at radius 1 is 1.03 bits per heavy atom. The van der Waals surface area contributed by atoms with Crippen LogP contribution in [0.3, 0.4) is 0 Å². The SMILES string of the molecule is CC1C=C(OCC2CO2)C=CC1(C(=O)O)C1(c2ccc(OCC3CO3)cc2)CCCCC1. The van der Waals surface area contributed by atoms with E-state index in [-0.39, 0.29) is 18.1 Å². The summed E-state index contributed by atoms with van der Waals surface area (Å²) in [6.45, 7) is 4.59. The molecule has 2 heterocycles. The van der Waals surface area contributed by atoms with Gasteiger partial charge in [-0.3, -0.25) is 4.79 Å². The van der Waals surface area contributed by atoms with Crippen molar-refractivity contribution in [2.24, 2.45) is 11.3 Å². The first-order valence-electron chi connectivity index (χ1n) is 11.8. The summed E-state index contributed by atoms with van der Waals surface area (Å²) in [4.78, 5) is 13.0. The van der Waals surface area contributed by atoms with Crippen LogP contribution in [0.4, 0.5) is 0 Å². The molecule has 0 spiro atoms. The third-order valence-electron chi connectivity index (χ3n) is 7.58. The van der Waals surface area contributed by atoms with E-state index in [0.29, 0.717) is 13.2 Å². The summed E-state index contributed by atoms with van der Waals surface area (Å²) in [6, 6.07) is 8.08. The number of carbonyl (C=O) groups is 1. The van der Waals surface area contributed by atoms with Gasteiger partial charge in [0, 0.05) is 5.41 Å². The second-order valence-electron chi connectivity index (χ2n) is 9.57. The molecule has 5 rings (SSSR count). The van der Waals surface area contributed by atoms with Gasteiger partial charge in [-0.25, -0.2) is 0 Å². The van der Waals surface area contributed by atoms with Gasteiger partial charge < -0.3 is 24.1 Å². The van der Waals surface area contributed by atoms with Crippen LogP contribution in [0.1, 0.15) is 44.6 Å². The fourth-order valence-corrected chi connectivity index (χ4v) is 5.63. The zero-order valence-corrected chi connectivity index (χ0v) is 18.6. The zero-order valence-electron chi connectivity index (χ0n) is 18.6. The Balaban J connectivity index is 1.45. The summed E-state index contributed by atoms with van der Waals surface area (Å²) in [6.07, 6.45) is 11.0. The Hall–Kier alpha value is -2.31. The van der Waals surface area contributed by atoms with Crippen LogP contribution in [-0.4, -0.2) is 49.7 Å². The Morgan fingerprint density at radius 2 is 1.66 bits per heavy atom. The number of aliphatic carboxylic acids is 1. The molecule has 2 aliphatic carbocycles. The van der Waals surface area contributed by atoms with Gasteiger partial charge in [0.15, 0.2) is 0 Å². The number of ether oxygens (including phenoxy) is 4. The monoisotopic (exact) mass is 440 g/mol. The Kier molecular flexibility index (Phi) is 5.76. The molecule has 3 fully saturated rings. The molecular weight excluding hydrogens is 408 g/mol. The number of rotatable bonds is 9. The van der Waals surface area contributed by atoms with Crippen LogP contribution < -0.4 is 4.74 Å². The molecule has 2 saturated heterocycles. The van der Waals surface area contributed by atoms with Gasteiger partial charge in [-0.2, -0.15) is 0 Å². The normalized spacial score (nSPS) is 32.7. The van der Waals surface area contributed by atoms with Gasteiger partial charge >= 0.3 is 5.97 Å². The number of hydrogen-bond donors (Lipinski definition) is 1. The summed E-state index contributed by atoms with van der Waals surface area (Å²) in [5.74, 6) is 0.558. The number of allylic oxidation sites excluding steroid dienone is 2. The van der Waals surface area contributed by atoms with Gasteiger partial charge in [-0.1, -0.05) is 44.4 Å². The van der Waals surface area contributed by atoms with Crippen LogP contribution in [0.2, 0.25) is 0 Å².